The number of carboxylic acid groups (broad SMARTS) is 1. The summed E-state index contributed by atoms with van der Waals surface area (Å²) in [5.41, 5.74) is -2.49. The maximum atomic E-state index is 15.7. The van der Waals surface area contributed by atoms with Crippen molar-refractivity contribution in [1.82, 2.24) is 4.90 Å². The van der Waals surface area contributed by atoms with Gasteiger partial charge in [0.25, 0.3) is 0 Å². The maximum Gasteiger partial charge on any atom is 0.494 e. The number of aliphatic carboxylic acids is 1. The summed E-state index contributed by atoms with van der Waals surface area (Å²) in [4.78, 5) is 32.4. The van der Waals surface area contributed by atoms with Crippen molar-refractivity contribution in [3.05, 3.63) is 29.6 Å². The third-order valence-electron chi connectivity index (χ3n) is 8.67. The molecule has 1 N–H and O–H groups in total. The maximum absolute atomic E-state index is 15.7. The summed E-state index contributed by atoms with van der Waals surface area (Å²) in [6.07, 6.45) is -0.449. The van der Waals surface area contributed by atoms with Crippen molar-refractivity contribution in [3.8, 4) is 0 Å². The summed E-state index contributed by atoms with van der Waals surface area (Å²) >= 11 is 1.01. The number of hydrogen-bond acceptors (Lipinski definition) is 8. The van der Waals surface area contributed by atoms with Crippen molar-refractivity contribution in [3.63, 3.8) is 0 Å². The van der Waals surface area contributed by atoms with Gasteiger partial charge in [-0.1, -0.05) is 43.5 Å². The van der Waals surface area contributed by atoms with Crippen LogP contribution < -0.4 is 5.46 Å². The summed E-state index contributed by atoms with van der Waals surface area (Å²) in [6, 6.07) is 5.49. The van der Waals surface area contributed by atoms with Gasteiger partial charge in [0.05, 0.1) is 16.7 Å². The topological polar surface area (TPSA) is 107 Å². The summed E-state index contributed by atoms with van der Waals surface area (Å²) in [5.74, 6) is -2.07. The lowest BCUT2D eigenvalue weighted by molar-refractivity contribution is -0.137. The number of nitrogens with zero attached hydrogens (tertiary/aromatic N) is 2. The molecule has 3 aliphatic rings. The van der Waals surface area contributed by atoms with Crippen LogP contribution in [0.3, 0.4) is 0 Å². The van der Waals surface area contributed by atoms with Gasteiger partial charge in [0.15, 0.2) is 5.17 Å². The van der Waals surface area contributed by atoms with Crippen LogP contribution in [0.25, 0.3) is 0 Å². The van der Waals surface area contributed by atoms with Gasteiger partial charge in [-0.2, -0.15) is 0 Å². The van der Waals surface area contributed by atoms with Gasteiger partial charge in [-0.3, -0.25) is 9.79 Å². The van der Waals surface area contributed by atoms with E-state index < -0.39 is 66.1 Å². The summed E-state index contributed by atoms with van der Waals surface area (Å²) in [6.45, 7) is 21.7. The van der Waals surface area contributed by atoms with E-state index in [0.29, 0.717) is 12.1 Å². The van der Waals surface area contributed by atoms with Crippen LogP contribution in [0.5, 0.6) is 0 Å². The molecule has 3 atom stereocenters. The summed E-state index contributed by atoms with van der Waals surface area (Å²) in [5, 5.41) is 10.5. The Labute approximate surface area is 260 Å². The van der Waals surface area contributed by atoms with E-state index in [9.17, 15) is 14.7 Å². The summed E-state index contributed by atoms with van der Waals surface area (Å²) in [7, 11) is -2.15. The molecule has 1 aromatic carbocycles. The second kappa shape index (κ2) is 11.1. The molecule has 2 heterocycles. The Morgan fingerprint density at radius 3 is 2.30 bits per heavy atom. The molecule has 13 heteroatoms. The van der Waals surface area contributed by atoms with E-state index in [2.05, 4.69) is 19.6 Å². The Morgan fingerprint density at radius 2 is 1.77 bits per heavy atom. The average Bonchev–Trinajstić information content (AvgIpc) is 3.54. The molecule has 238 valence electrons. The quantitative estimate of drug-likeness (QED) is 0.216. The molecule has 9 nitrogen and oxygen atoms in total. The lowest BCUT2D eigenvalue weighted by Gasteiger charge is -2.37. The average molecular weight is 637 g/mol. The molecular formula is C30H46BFN2O7SSi. The first-order valence-corrected chi connectivity index (χ1v) is 19.3. The number of halogens is 1. The molecule has 1 saturated heterocycles. The molecule has 3 unspecified atom stereocenters. The molecule has 0 radical (unpaired) electrons. The number of fused-ring (bicyclic) bond motifs is 1. The molecular weight excluding hydrogens is 590 g/mol. The van der Waals surface area contributed by atoms with Gasteiger partial charge >= 0.3 is 19.2 Å². The number of thioether (sulfide) groups is 1. The number of rotatable bonds is 8. The van der Waals surface area contributed by atoms with Gasteiger partial charge in [0, 0.05) is 26.2 Å². The normalized spacial score (nSPS) is 27.8. The molecule has 1 aliphatic carbocycles. The van der Waals surface area contributed by atoms with E-state index in [4.69, 9.17) is 23.8 Å². The Hall–Kier alpha value is -1.93. The molecule has 0 bridgehead atoms. The van der Waals surface area contributed by atoms with Crippen LogP contribution in [0.15, 0.2) is 23.2 Å². The highest BCUT2D eigenvalue weighted by atomic mass is 32.2. The largest absolute Gasteiger partial charge is 0.494 e. The molecule has 2 fully saturated rings. The van der Waals surface area contributed by atoms with Crippen molar-refractivity contribution in [1.29, 1.82) is 0 Å². The third-order valence-corrected chi connectivity index (χ3v) is 11.9. The zero-order chi connectivity index (χ0) is 32.4. The van der Waals surface area contributed by atoms with E-state index in [1.807, 2.05) is 27.7 Å². The molecule has 43 heavy (non-hydrogen) atoms. The van der Waals surface area contributed by atoms with Crippen molar-refractivity contribution in [2.75, 3.05) is 13.3 Å². The molecule has 4 rings (SSSR count). The molecule has 0 aromatic heterocycles. The predicted octanol–water partition coefficient (Wildman–Crippen LogP) is 5.84. The predicted molar refractivity (Wildman–Crippen MR) is 170 cm³/mol. The molecule has 2 aliphatic heterocycles. The number of amidine groups is 1. The molecule has 1 amide bonds. The van der Waals surface area contributed by atoms with E-state index >= 15 is 4.39 Å². The highest BCUT2D eigenvalue weighted by molar-refractivity contribution is 8.15. The Morgan fingerprint density at radius 1 is 1.16 bits per heavy atom. The molecule has 1 saturated carbocycles. The van der Waals surface area contributed by atoms with E-state index in [1.54, 1.807) is 39.8 Å². The SMILES string of the molecule is CC(C)(C)OC(=O)N(COCC[Si](C)(C)C)C1=NC(C)(c2cc(B3OC(C)(C)C(C)(C)O3)ccc2F)C2CC2(C(=O)O)S1. The van der Waals surface area contributed by atoms with Crippen molar-refractivity contribution < 1.29 is 37.9 Å². The van der Waals surface area contributed by atoms with Crippen molar-refractivity contribution in [2.24, 2.45) is 10.9 Å². The highest BCUT2D eigenvalue weighted by Crippen LogP contribution is 2.66. The Kier molecular flexibility index (Phi) is 8.80. The van der Waals surface area contributed by atoms with Gasteiger partial charge in [-0.15, -0.1) is 0 Å². The van der Waals surface area contributed by atoms with E-state index in [-0.39, 0.29) is 23.9 Å². The van der Waals surface area contributed by atoms with Crippen molar-refractivity contribution in [2.45, 2.75) is 115 Å². The van der Waals surface area contributed by atoms with Crippen LogP contribution in [0.2, 0.25) is 25.7 Å². The highest BCUT2D eigenvalue weighted by Gasteiger charge is 2.72. The van der Waals surface area contributed by atoms with Crippen LogP contribution in [0, 0.1) is 11.7 Å². The number of amides is 1. The first-order valence-electron chi connectivity index (χ1n) is 14.8. The first-order chi connectivity index (χ1) is 19.5. The zero-order valence-corrected chi connectivity index (χ0v) is 29.1. The van der Waals surface area contributed by atoms with Gasteiger partial charge in [-0.25, -0.2) is 14.1 Å². The number of carboxylic acids is 1. The fourth-order valence-corrected chi connectivity index (χ4v) is 7.47. The van der Waals surface area contributed by atoms with Gasteiger partial charge in [-0.05, 0) is 79.4 Å². The van der Waals surface area contributed by atoms with Crippen LogP contribution in [-0.2, 0) is 29.1 Å². The van der Waals surface area contributed by atoms with Crippen molar-refractivity contribution >= 4 is 49.6 Å². The minimum Gasteiger partial charge on any atom is -0.480 e. The van der Waals surface area contributed by atoms with Crippen LogP contribution in [0.1, 0.15) is 67.4 Å². The second-order valence-corrected chi connectivity index (χ2v) is 22.1. The smallest absolute Gasteiger partial charge is 0.480 e. The number of carbonyl (C=O) groups excluding carboxylic acids is 1. The monoisotopic (exact) mass is 636 g/mol. The fraction of sp³-hybridized carbons (Fsp3) is 0.700. The Balaban J connectivity index is 1.76. The van der Waals surface area contributed by atoms with Crippen LogP contribution in [-0.4, -0.2) is 77.3 Å². The third kappa shape index (κ3) is 6.85. The minimum absolute atomic E-state index is 0.126. The zero-order valence-electron chi connectivity index (χ0n) is 27.3. The Bertz CT molecular complexity index is 1300. The fourth-order valence-electron chi connectivity index (χ4n) is 5.21. The van der Waals surface area contributed by atoms with Gasteiger partial charge < -0.3 is 23.9 Å². The van der Waals surface area contributed by atoms with E-state index in [1.165, 1.54) is 11.0 Å². The standard InChI is InChI=1S/C30H46BFN2O7SSi/c1-26(2,3)39-25(37)34(18-38-14-15-43(9,10)11)24-33-29(8,22-17-30(22,42-24)23(35)36)20-16-19(12-13-21(20)32)31-40-27(4,5)28(6,7)41-31/h12-13,16,22H,14-15,17-18H2,1-11H3,(H,35,36). The number of aliphatic imine (C=N–C) groups is 1. The molecule has 1 aromatic rings. The van der Waals surface area contributed by atoms with Gasteiger partial charge in [0.2, 0.25) is 0 Å². The minimum atomic E-state index is -1.41. The number of hydrogen-bond donors (Lipinski definition) is 1. The van der Waals surface area contributed by atoms with Crippen LogP contribution >= 0.6 is 11.8 Å². The lowest BCUT2D eigenvalue weighted by atomic mass is 9.75. The number of ether oxygens (including phenoxy) is 2. The number of carbonyl (C=O) groups is 2. The second-order valence-electron chi connectivity index (χ2n) is 15.2. The molecule has 0 spiro atoms. The number of benzene rings is 1. The van der Waals surface area contributed by atoms with Gasteiger partial charge in [0.1, 0.15) is 22.9 Å². The first kappa shape index (κ1) is 34.0. The van der Waals surface area contributed by atoms with E-state index in [0.717, 1.165) is 17.8 Å². The summed E-state index contributed by atoms with van der Waals surface area (Å²) < 4.78 is 38.5. The lowest BCUT2D eigenvalue weighted by Crippen LogP contribution is -2.47. The van der Waals surface area contributed by atoms with Crippen LogP contribution in [0.4, 0.5) is 9.18 Å².